The van der Waals surface area contributed by atoms with Crippen LogP contribution >= 0.6 is 11.6 Å². The molecule has 0 fully saturated rings. The minimum absolute atomic E-state index is 0.244. The summed E-state index contributed by atoms with van der Waals surface area (Å²) in [5.41, 5.74) is 7.77. The molecule has 0 saturated carbocycles. The zero-order chi connectivity index (χ0) is 19.7. The Balaban J connectivity index is 1.89. The van der Waals surface area contributed by atoms with Gasteiger partial charge >= 0.3 is 0 Å². The van der Waals surface area contributed by atoms with Gasteiger partial charge in [0.1, 0.15) is 5.75 Å². The van der Waals surface area contributed by atoms with Crippen LogP contribution in [0, 0.1) is 0 Å². The average Bonchev–Trinajstić information content (AvgIpc) is 2.64. The number of anilines is 1. The summed E-state index contributed by atoms with van der Waals surface area (Å²) < 4.78 is 0. The maximum atomic E-state index is 9.38. The third-order valence-corrected chi connectivity index (χ3v) is 5.90. The quantitative estimate of drug-likeness (QED) is 0.159. The summed E-state index contributed by atoms with van der Waals surface area (Å²) in [6.07, 6.45) is 20.7. The van der Waals surface area contributed by atoms with Crippen molar-refractivity contribution in [2.24, 2.45) is 0 Å². The fourth-order valence-electron chi connectivity index (χ4n) is 3.67. The second-order valence-electron chi connectivity index (χ2n) is 8.05. The van der Waals surface area contributed by atoms with Crippen molar-refractivity contribution in [2.75, 3.05) is 5.73 Å². The number of hydrogen-bond acceptors (Lipinski definition) is 2. The predicted octanol–water partition coefficient (Wildman–Crippen LogP) is 8.00. The minimum Gasteiger partial charge on any atom is -0.508 e. The van der Waals surface area contributed by atoms with Gasteiger partial charge in [0.2, 0.25) is 0 Å². The van der Waals surface area contributed by atoms with E-state index in [-0.39, 0.29) is 5.75 Å². The van der Waals surface area contributed by atoms with E-state index in [0.717, 1.165) is 24.8 Å². The lowest BCUT2D eigenvalue weighted by molar-refractivity contribution is 0.475. The Morgan fingerprint density at radius 1 is 0.815 bits per heavy atom. The fourth-order valence-corrected chi connectivity index (χ4v) is 3.97. The van der Waals surface area contributed by atoms with Crippen molar-refractivity contribution in [1.29, 1.82) is 0 Å². The predicted molar refractivity (Wildman–Crippen MR) is 121 cm³/mol. The number of alkyl halides is 1. The molecule has 0 radical (unpaired) electrons. The molecule has 1 unspecified atom stereocenters. The molecule has 0 spiro atoms. The van der Waals surface area contributed by atoms with Gasteiger partial charge in [-0.25, -0.2) is 0 Å². The number of nitrogens with two attached hydrogens (primary N) is 1. The molecule has 0 heterocycles. The number of benzene rings is 1. The van der Waals surface area contributed by atoms with Gasteiger partial charge in [0.25, 0.3) is 0 Å². The van der Waals surface area contributed by atoms with E-state index in [1.54, 1.807) is 12.1 Å². The third kappa shape index (κ3) is 13.0. The van der Waals surface area contributed by atoms with E-state index in [9.17, 15) is 5.11 Å². The van der Waals surface area contributed by atoms with Crippen molar-refractivity contribution in [3.8, 4) is 5.75 Å². The molecule has 2 nitrogen and oxygen atoms in total. The number of halogens is 1. The standard InChI is InChI=1S/C24H42ClNO/c1-2-3-4-5-6-7-8-9-10-13-16-22(25)17-14-11-12-15-21-18-19-23(27)20-24(21)26/h18-20,22,27H,2-17,26H2,1H3. The number of phenols is 1. The van der Waals surface area contributed by atoms with Crippen LogP contribution in [-0.4, -0.2) is 10.5 Å². The molecular formula is C24H42ClNO. The van der Waals surface area contributed by atoms with E-state index in [1.165, 1.54) is 83.5 Å². The Kier molecular flexibility index (Phi) is 14.4. The number of hydrogen-bond donors (Lipinski definition) is 2. The van der Waals surface area contributed by atoms with Gasteiger partial charge in [-0.1, -0.05) is 90.0 Å². The highest BCUT2D eigenvalue weighted by Gasteiger charge is 2.05. The SMILES string of the molecule is CCCCCCCCCCCCC(Cl)CCCCCc1ccc(O)cc1N. The molecule has 3 heteroatoms. The van der Waals surface area contributed by atoms with Crippen molar-refractivity contribution in [3.63, 3.8) is 0 Å². The zero-order valence-corrected chi connectivity index (χ0v) is 18.3. The van der Waals surface area contributed by atoms with Crippen molar-refractivity contribution in [3.05, 3.63) is 23.8 Å². The molecule has 0 aliphatic rings. The van der Waals surface area contributed by atoms with Gasteiger partial charge in [-0.15, -0.1) is 11.6 Å². The van der Waals surface area contributed by atoms with Gasteiger partial charge in [0.15, 0.2) is 0 Å². The zero-order valence-electron chi connectivity index (χ0n) is 17.5. The van der Waals surface area contributed by atoms with E-state index >= 15 is 0 Å². The smallest absolute Gasteiger partial charge is 0.117 e. The molecular weight excluding hydrogens is 354 g/mol. The van der Waals surface area contributed by atoms with Crippen LogP contribution in [0.2, 0.25) is 0 Å². The van der Waals surface area contributed by atoms with Gasteiger partial charge in [-0.2, -0.15) is 0 Å². The first-order valence-electron chi connectivity index (χ1n) is 11.3. The Hall–Kier alpha value is -0.890. The maximum Gasteiger partial charge on any atom is 0.117 e. The molecule has 1 rings (SSSR count). The number of aryl methyl sites for hydroxylation is 1. The number of nitrogen functional groups attached to an aromatic ring is 1. The van der Waals surface area contributed by atoms with Crippen LogP contribution in [-0.2, 0) is 6.42 Å². The van der Waals surface area contributed by atoms with Gasteiger partial charge in [-0.05, 0) is 37.3 Å². The van der Waals surface area contributed by atoms with Crippen LogP contribution in [0.25, 0.3) is 0 Å². The van der Waals surface area contributed by atoms with E-state index in [4.69, 9.17) is 17.3 Å². The van der Waals surface area contributed by atoms with Gasteiger partial charge in [0.05, 0.1) is 0 Å². The molecule has 0 aromatic heterocycles. The average molecular weight is 396 g/mol. The summed E-state index contributed by atoms with van der Waals surface area (Å²) >= 11 is 6.48. The Morgan fingerprint density at radius 2 is 1.33 bits per heavy atom. The van der Waals surface area contributed by atoms with Crippen molar-refractivity contribution in [2.45, 2.75) is 115 Å². The van der Waals surface area contributed by atoms with Crippen LogP contribution in [0.4, 0.5) is 5.69 Å². The first-order valence-corrected chi connectivity index (χ1v) is 11.8. The molecule has 0 aliphatic carbocycles. The summed E-state index contributed by atoms with van der Waals surface area (Å²) in [7, 11) is 0. The van der Waals surface area contributed by atoms with E-state index in [2.05, 4.69) is 6.92 Å². The fraction of sp³-hybridized carbons (Fsp3) is 0.750. The van der Waals surface area contributed by atoms with E-state index in [0.29, 0.717) is 11.1 Å². The topological polar surface area (TPSA) is 46.2 Å². The first kappa shape index (κ1) is 24.1. The monoisotopic (exact) mass is 395 g/mol. The first-order chi connectivity index (χ1) is 13.1. The van der Waals surface area contributed by atoms with Gasteiger partial charge < -0.3 is 10.8 Å². The Bertz CT molecular complexity index is 477. The van der Waals surface area contributed by atoms with Crippen LogP contribution in [0.5, 0.6) is 5.75 Å². The molecule has 3 N–H and O–H groups in total. The molecule has 1 aromatic carbocycles. The molecule has 1 aromatic rings. The van der Waals surface area contributed by atoms with Gasteiger partial charge in [0, 0.05) is 17.1 Å². The Morgan fingerprint density at radius 3 is 1.89 bits per heavy atom. The summed E-state index contributed by atoms with van der Waals surface area (Å²) in [6.45, 7) is 2.28. The van der Waals surface area contributed by atoms with Gasteiger partial charge in [-0.3, -0.25) is 0 Å². The second-order valence-corrected chi connectivity index (χ2v) is 8.67. The lowest BCUT2D eigenvalue weighted by Crippen LogP contribution is -1.99. The molecule has 1 atom stereocenters. The third-order valence-electron chi connectivity index (χ3n) is 5.46. The number of unbranched alkanes of at least 4 members (excludes halogenated alkanes) is 11. The molecule has 27 heavy (non-hydrogen) atoms. The highest BCUT2D eigenvalue weighted by Crippen LogP contribution is 2.22. The van der Waals surface area contributed by atoms with E-state index < -0.39 is 0 Å². The van der Waals surface area contributed by atoms with Crippen LogP contribution in [0.15, 0.2) is 18.2 Å². The lowest BCUT2D eigenvalue weighted by atomic mass is 10.0. The molecule has 0 bridgehead atoms. The second kappa shape index (κ2) is 16.1. The lowest BCUT2D eigenvalue weighted by Gasteiger charge is -2.10. The summed E-state index contributed by atoms with van der Waals surface area (Å²) in [4.78, 5) is 0. The summed E-state index contributed by atoms with van der Waals surface area (Å²) in [5.74, 6) is 0.244. The number of phenolic OH excluding ortho intramolecular Hbond substituents is 1. The van der Waals surface area contributed by atoms with Crippen LogP contribution in [0.3, 0.4) is 0 Å². The Labute approximate surface area is 172 Å². The highest BCUT2D eigenvalue weighted by atomic mass is 35.5. The van der Waals surface area contributed by atoms with Crippen molar-refractivity contribution < 1.29 is 5.11 Å². The maximum absolute atomic E-state index is 9.38. The highest BCUT2D eigenvalue weighted by molar-refractivity contribution is 6.20. The summed E-state index contributed by atoms with van der Waals surface area (Å²) in [5, 5.41) is 9.73. The van der Waals surface area contributed by atoms with Crippen molar-refractivity contribution in [1.82, 2.24) is 0 Å². The van der Waals surface area contributed by atoms with E-state index in [1.807, 2.05) is 6.07 Å². The normalized spacial score (nSPS) is 12.4. The molecule has 156 valence electrons. The van der Waals surface area contributed by atoms with Crippen LogP contribution < -0.4 is 5.73 Å². The van der Waals surface area contributed by atoms with Crippen LogP contribution in [0.1, 0.15) is 109 Å². The van der Waals surface area contributed by atoms with Crippen molar-refractivity contribution >= 4 is 17.3 Å². The largest absolute Gasteiger partial charge is 0.508 e. The molecule has 0 amide bonds. The summed E-state index contributed by atoms with van der Waals surface area (Å²) in [6, 6.07) is 5.28. The minimum atomic E-state index is 0.244. The number of aromatic hydroxyl groups is 1. The molecule has 0 aliphatic heterocycles. The molecule has 0 saturated heterocycles. The number of rotatable bonds is 17.